The van der Waals surface area contributed by atoms with Crippen LogP contribution >= 0.6 is 0 Å². The molecule has 1 unspecified atom stereocenters. The molecule has 0 aliphatic carbocycles. The Morgan fingerprint density at radius 2 is 1.71 bits per heavy atom. The van der Waals surface area contributed by atoms with E-state index in [9.17, 15) is 37.5 Å². The van der Waals surface area contributed by atoms with Crippen molar-refractivity contribution in [3.8, 4) is 16.8 Å². The molecule has 0 radical (unpaired) electrons. The van der Waals surface area contributed by atoms with Crippen LogP contribution in [0.15, 0.2) is 118 Å². The molecule has 0 spiro atoms. The van der Waals surface area contributed by atoms with Gasteiger partial charge in [0.1, 0.15) is 17.7 Å². The standard InChI is InChI=1S/C36H28F2N8O8S/c1-3-12-45-19-21(16-41-35(45)51)20-4-8-24(9-5-20)55(53,54)43-29-15-27(37)26(14-28(29)38)32(47)42-30(34(49)50)13-22-6-7-23(17-40-22)46-33(48)25-10-11-39-18-31(25)44(2)36(46)52/h3-11,14-19,30,43H,1,12-13H2,2H3,(H,42,47)(H,49,50). The van der Waals surface area contributed by atoms with Crippen molar-refractivity contribution in [2.24, 2.45) is 7.05 Å². The van der Waals surface area contributed by atoms with Crippen molar-refractivity contribution in [3.63, 3.8) is 0 Å². The lowest BCUT2D eigenvalue weighted by atomic mass is 10.1. The van der Waals surface area contributed by atoms with Gasteiger partial charge in [-0.15, -0.1) is 6.58 Å². The molecule has 19 heteroatoms. The lowest BCUT2D eigenvalue weighted by molar-refractivity contribution is -0.139. The maximum Gasteiger partial charge on any atom is 0.347 e. The Bertz CT molecular complexity index is 2800. The highest BCUT2D eigenvalue weighted by Gasteiger charge is 2.26. The van der Waals surface area contributed by atoms with Crippen LogP contribution < -0.4 is 27.0 Å². The summed E-state index contributed by atoms with van der Waals surface area (Å²) in [6, 6.07) is 8.55. The van der Waals surface area contributed by atoms with Crippen LogP contribution in [0.2, 0.25) is 0 Å². The van der Waals surface area contributed by atoms with Gasteiger partial charge in [0, 0.05) is 55.9 Å². The van der Waals surface area contributed by atoms with Crippen LogP contribution in [0.4, 0.5) is 14.5 Å². The van der Waals surface area contributed by atoms with Crippen molar-refractivity contribution in [2.75, 3.05) is 4.72 Å². The number of aliphatic carboxylic acids is 1. The molecule has 0 aliphatic heterocycles. The van der Waals surface area contributed by atoms with Crippen LogP contribution in [0.1, 0.15) is 16.1 Å². The summed E-state index contributed by atoms with van der Waals surface area (Å²) < 4.78 is 61.8. The van der Waals surface area contributed by atoms with Gasteiger partial charge >= 0.3 is 17.3 Å². The second-order valence-corrected chi connectivity index (χ2v) is 13.6. The zero-order valence-electron chi connectivity index (χ0n) is 28.5. The van der Waals surface area contributed by atoms with Gasteiger partial charge in [0.15, 0.2) is 0 Å². The molecule has 280 valence electrons. The fourth-order valence-electron chi connectivity index (χ4n) is 5.54. The number of carboxylic acids is 1. The van der Waals surface area contributed by atoms with Gasteiger partial charge in [0.25, 0.3) is 21.5 Å². The summed E-state index contributed by atoms with van der Waals surface area (Å²) in [6.45, 7) is 3.78. The van der Waals surface area contributed by atoms with E-state index >= 15 is 8.78 Å². The summed E-state index contributed by atoms with van der Waals surface area (Å²) in [5.41, 5.74) is -2.05. The zero-order chi connectivity index (χ0) is 39.6. The topological polar surface area (TPSA) is 217 Å². The van der Waals surface area contributed by atoms with Gasteiger partial charge in [0.2, 0.25) is 0 Å². The number of anilines is 1. The van der Waals surface area contributed by atoms with Crippen molar-refractivity contribution in [1.29, 1.82) is 0 Å². The van der Waals surface area contributed by atoms with E-state index in [1.165, 1.54) is 95.7 Å². The number of carboxylic acid groups (broad SMARTS) is 1. The van der Waals surface area contributed by atoms with Crippen molar-refractivity contribution >= 4 is 38.5 Å². The normalized spacial score (nSPS) is 11.9. The Labute approximate surface area is 308 Å². The highest BCUT2D eigenvalue weighted by molar-refractivity contribution is 7.92. The number of nitrogens with one attached hydrogen (secondary N) is 2. The molecule has 6 aromatic rings. The number of hydrogen-bond acceptors (Lipinski definition) is 10. The number of pyridine rings is 2. The van der Waals surface area contributed by atoms with Crippen LogP contribution in [-0.2, 0) is 34.8 Å². The molecule has 4 heterocycles. The lowest BCUT2D eigenvalue weighted by Crippen LogP contribution is -2.42. The van der Waals surface area contributed by atoms with Crippen LogP contribution in [-0.4, -0.2) is 60.1 Å². The van der Waals surface area contributed by atoms with Gasteiger partial charge in [-0.1, -0.05) is 18.2 Å². The second-order valence-electron chi connectivity index (χ2n) is 12.0. The van der Waals surface area contributed by atoms with E-state index in [0.717, 1.165) is 4.57 Å². The summed E-state index contributed by atoms with van der Waals surface area (Å²) in [7, 11) is -3.02. The maximum atomic E-state index is 15.2. The molecule has 4 aromatic heterocycles. The maximum absolute atomic E-state index is 15.2. The van der Waals surface area contributed by atoms with Crippen molar-refractivity contribution in [3.05, 3.63) is 152 Å². The number of aryl methyl sites for hydroxylation is 1. The Morgan fingerprint density at radius 1 is 0.964 bits per heavy atom. The average molecular weight is 771 g/mol. The molecule has 3 N–H and O–H groups in total. The number of benzene rings is 2. The molecule has 0 aliphatic rings. The summed E-state index contributed by atoms with van der Waals surface area (Å²) in [5, 5.41) is 12.1. The van der Waals surface area contributed by atoms with E-state index in [1.807, 2.05) is 4.72 Å². The van der Waals surface area contributed by atoms with Crippen LogP contribution in [0.5, 0.6) is 0 Å². The van der Waals surface area contributed by atoms with Crippen LogP contribution in [0.3, 0.4) is 0 Å². The molecule has 0 saturated carbocycles. The molecule has 6 rings (SSSR count). The Hall–Kier alpha value is -7.15. The molecule has 2 aromatic carbocycles. The number of sulfonamides is 1. The Kier molecular flexibility index (Phi) is 10.3. The third-order valence-electron chi connectivity index (χ3n) is 8.38. The molecule has 0 saturated heterocycles. The quantitative estimate of drug-likeness (QED) is 0.154. The smallest absolute Gasteiger partial charge is 0.347 e. The summed E-state index contributed by atoms with van der Waals surface area (Å²) in [4.78, 5) is 74.5. The van der Waals surface area contributed by atoms with Crippen molar-refractivity contribution in [1.82, 2.24) is 34.0 Å². The third kappa shape index (κ3) is 7.67. The zero-order valence-corrected chi connectivity index (χ0v) is 29.3. The minimum absolute atomic E-state index is 0.0797. The predicted molar refractivity (Wildman–Crippen MR) is 194 cm³/mol. The summed E-state index contributed by atoms with van der Waals surface area (Å²) in [5.74, 6) is -5.56. The summed E-state index contributed by atoms with van der Waals surface area (Å²) >= 11 is 0. The monoisotopic (exact) mass is 770 g/mol. The first-order chi connectivity index (χ1) is 26.2. The molecule has 1 amide bonds. The van der Waals surface area contributed by atoms with E-state index in [1.54, 1.807) is 0 Å². The number of carbonyl (C=O) groups excluding carboxylic acids is 1. The molecule has 55 heavy (non-hydrogen) atoms. The lowest BCUT2D eigenvalue weighted by Gasteiger charge is -2.16. The predicted octanol–water partition coefficient (Wildman–Crippen LogP) is 2.39. The molecular weight excluding hydrogens is 743 g/mol. The first kappa shape index (κ1) is 37.6. The van der Waals surface area contributed by atoms with E-state index < -0.39 is 74.2 Å². The number of hydrogen-bond donors (Lipinski definition) is 3. The van der Waals surface area contributed by atoms with Crippen LogP contribution in [0, 0.1) is 11.6 Å². The highest BCUT2D eigenvalue weighted by Crippen LogP contribution is 2.25. The van der Waals surface area contributed by atoms with Gasteiger partial charge in [-0.2, -0.15) is 0 Å². The third-order valence-corrected chi connectivity index (χ3v) is 9.76. The second kappa shape index (κ2) is 15.1. The van der Waals surface area contributed by atoms with Crippen molar-refractivity contribution in [2.45, 2.75) is 23.9 Å². The Morgan fingerprint density at radius 3 is 2.38 bits per heavy atom. The number of allylic oxidation sites excluding steroid dienone is 1. The number of carbonyl (C=O) groups is 2. The van der Waals surface area contributed by atoms with E-state index in [-0.39, 0.29) is 28.2 Å². The molecule has 0 bridgehead atoms. The number of amides is 1. The van der Waals surface area contributed by atoms with E-state index in [2.05, 4.69) is 26.8 Å². The fraction of sp³-hybridized carbons (Fsp3) is 0.111. The number of aromatic nitrogens is 6. The van der Waals surface area contributed by atoms with Gasteiger partial charge in [0.05, 0.1) is 45.1 Å². The number of nitrogens with zero attached hydrogens (tertiary/aromatic N) is 6. The molecule has 16 nitrogen and oxygen atoms in total. The highest BCUT2D eigenvalue weighted by atomic mass is 32.2. The number of rotatable bonds is 12. The largest absolute Gasteiger partial charge is 0.480 e. The first-order valence-electron chi connectivity index (χ1n) is 16.0. The fourth-order valence-corrected chi connectivity index (χ4v) is 6.60. The van der Waals surface area contributed by atoms with Gasteiger partial charge in [-0.05, 0) is 42.0 Å². The first-order valence-corrected chi connectivity index (χ1v) is 17.5. The van der Waals surface area contributed by atoms with Gasteiger partial charge in [-0.3, -0.25) is 33.4 Å². The van der Waals surface area contributed by atoms with Gasteiger partial charge in [-0.25, -0.2) is 41.1 Å². The molecule has 0 fully saturated rings. The number of halogens is 2. The van der Waals surface area contributed by atoms with Crippen LogP contribution in [0.25, 0.3) is 27.7 Å². The Balaban J connectivity index is 1.16. The number of fused-ring (bicyclic) bond motifs is 1. The minimum atomic E-state index is -4.48. The summed E-state index contributed by atoms with van der Waals surface area (Å²) in [6.07, 6.45) is 7.84. The van der Waals surface area contributed by atoms with E-state index in [4.69, 9.17) is 0 Å². The molecule has 1 atom stereocenters. The average Bonchev–Trinajstić information content (AvgIpc) is 3.16. The van der Waals surface area contributed by atoms with Crippen molar-refractivity contribution < 1.29 is 31.9 Å². The molecular formula is C36H28F2N8O8S. The minimum Gasteiger partial charge on any atom is -0.480 e. The van der Waals surface area contributed by atoms with E-state index in [0.29, 0.717) is 28.8 Å². The van der Waals surface area contributed by atoms with Gasteiger partial charge < -0.3 is 10.4 Å². The SMILES string of the molecule is C=CCn1cc(-c2ccc(S(=O)(=O)Nc3cc(F)c(C(=O)NC(Cc4ccc(-n5c(=O)c6ccncc6n(C)c5=O)cn4)C(=O)O)cc3F)cc2)cnc1=O.